The third-order valence-corrected chi connectivity index (χ3v) is 4.54. The van der Waals surface area contributed by atoms with Crippen LogP contribution >= 0.6 is 0 Å². The molecule has 1 heterocycles. The maximum absolute atomic E-state index is 11.4. The zero-order valence-corrected chi connectivity index (χ0v) is 12.2. The van der Waals surface area contributed by atoms with Gasteiger partial charge in [-0.2, -0.15) is 4.31 Å². The third-order valence-electron chi connectivity index (χ3n) is 3.23. The first kappa shape index (κ1) is 15.8. The molecular weight excluding hydrogens is 254 g/mol. The summed E-state index contributed by atoms with van der Waals surface area (Å²) in [6.07, 6.45) is 2.29. The Bertz CT molecular complexity index is 326. The van der Waals surface area contributed by atoms with E-state index in [1.807, 2.05) is 6.92 Å². The van der Waals surface area contributed by atoms with Crippen molar-refractivity contribution in [2.45, 2.75) is 19.4 Å². The minimum atomic E-state index is -3.03. The first-order valence-electron chi connectivity index (χ1n) is 6.46. The first-order valence-corrected chi connectivity index (χ1v) is 8.31. The molecule has 2 N–H and O–H groups in total. The van der Waals surface area contributed by atoms with Crippen LogP contribution in [0, 0.1) is 0 Å². The lowest BCUT2D eigenvalue weighted by Crippen LogP contribution is -2.49. The molecule has 0 bridgehead atoms. The van der Waals surface area contributed by atoms with Crippen LogP contribution in [-0.2, 0) is 14.8 Å². The van der Waals surface area contributed by atoms with Gasteiger partial charge in [-0.15, -0.1) is 0 Å². The zero-order valence-electron chi connectivity index (χ0n) is 11.3. The van der Waals surface area contributed by atoms with Crippen LogP contribution in [-0.4, -0.2) is 75.9 Å². The average molecular weight is 279 g/mol. The van der Waals surface area contributed by atoms with Crippen molar-refractivity contribution in [3.63, 3.8) is 0 Å². The lowest BCUT2D eigenvalue weighted by molar-refractivity contribution is 0.0511. The number of nitrogens with zero attached hydrogens (tertiary/aromatic N) is 2. The largest absolute Gasteiger partial charge is 0.377 e. The Morgan fingerprint density at radius 3 is 2.33 bits per heavy atom. The van der Waals surface area contributed by atoms with E-state index in [9.17, 15) is 8.42 Å². The Hall–Kier alpha value is -0.210. The van der Waals surface area contributed by atoms with E-state index in [1.54, 1.807) is 0 Å². The molecule has 0 aromatic carbocycles. The summed E-state index contributed by atoms with van der Waals surface area (Å²) < 4.78 is 29.8. The van der Waals surface area contributed by atoms with E-state index >= 15 is 0 Å². The number of rotatable bonds is 7. The van der Waals surface area contributed by atoms with Gasteiger partial charge >= 0.3 is 0 Å². The monoisotopic (exact) mass is 279 g/mol. The van der Waals surface area contributed by atoms with Gasteiger partial charge in [-0.3, -0.25) is 0 Å². The summed E-state index contributed by atoms with van der Waals surface area (Å²) in [5.41, 5.74) is 5.62. The zero-order chi connectivity index (χ0) is 13.6. The van der Waals surface area contributed by atoms with E-state index in [0.29, 0.717) is 26.2 Å². The predicted octanol–water partition coefficient (Wildman–Crippen LogP) is -0.682. The molecule has 0 amide bonds. The second kappa shape index (κ2) is 7.40. The molecule has 1 atom stereocenters. The van der Waals surface area contributed by atoms with Crippen molar-refractivity contribution in [1.82, 2.24) is 9.21 Å². The van der Waals surface area contributed by atoms with Gasteiger partial charge in [-0.25, -0.2) is 8.42 Å². The normalized spacial score (nSPS) is 21.1. The van der Waals surface area contributed by atoms with Crippen LogP contribution in [0.4, 0.5) is 0 Å². The molecule has 0 aromatic rings. The highest BCUT2D eigenvalue weighted by Crippen LogP contribution is 2.07. The van der Waals surface area contributed by atoms with E-state index in [0.717, 1.165) is 26.1 Å². The molecule has 18 heavy (non-hydrogen) atoms. The van der Waals surface area contributed by atoms with Crippen LogP contribution in [0.2, 0.25) is 0 Å². The van der Waals surface area contributed by atoms with Crippen LogP contribution in [0.25, 0.3) is 0 Å². The molecule has 1 fully saturated rings. The number of hydrogen-bond donors (Lipinski definition) is 1. The third kappa shape index (κ3) is 5.19. The molecular formula is C11H25N3O3S. The molecule has 1 saturated heterocycles. The molecule has 0 radical (unpaired) electrons. The lowest BCUT2D eigenvalue weighted by Gasteiger charge is -2.33. The van der Waals surface area contributed by atoms with Crippen LogP contribution in [0.1, 0.15) is 13.3 Å². The van der Waals surface area contributed by atoms with E-state index < -0.39 is 10.0 Å². The van der Waals surface area contributed by atoms with Gasteiger partial charge in [0.1, 0.15) is 0 Å². The molecule has 108 valence electrons. The Kier molecular flexibility index (Phi) is 6.51. The van der Waals surface area contributed by atoms with Crippen molar-refractivity contribution < 1.29 is 13.2 Å². The first-order chi connectivity index (χ1) is 8.47. The fourth-order valence-corrected chi connectivity index (χ4v) is 2.94. The minimum Gasteiger partial charge on any atom is -0.377 e. The number of hydrogen-bond acceptors (Lipinski definition) is 5. The van der Waals surface area contributed by atoms with Gasteiger partial charge < -0.3 is 15.4 Å². The van der Waals surface area contributed by atoms with Crippen LogP contribution in [0.5, 0.6) is 0 Å². The summed E-state index contributed by atoms with van der Waals surface area (Å²) >= 11 is 0. The van der Waals surface area contributed by atoms with Crippen molar-refractivity contribution in [1.29, 1.82) is 0 Å². The summed E-state index contributed by atoms with van der Waals surface area (Å²) in [5, 5.41) is 0. The van der Waals surface area contributed by atoms with Gasteiger partial charge in [-0.05, 0) is 13.3 Å². The van der Waals surface area contributed by atoms with Crippen molar-refractivity contribution in [3.8, 4) is 0 Å². The molecule has 1 aliphatic rings. The molecule has 6 nitrogen and oxygen atoms in total. The number of nitrogens with two attached hydrogens (primary N) is 1. The maximum atomic E-state index is 11.4. The molecule has 0 aliphatic carbocycles. The lowest BCUT2D eigenvalue weighted by atomic mass is 10.2. The fraction of sp³-hybridized carbons (Fsp3) is 1.00. The Morgan fingerprint density at radius 1 is 1.28 bits per heavy atom. The standard InChI is InChI=1S/C11H25N3O3S/c1-3-17-11(10-12)4-5-13-6-8-14(9-7-13)18(2,15)16/h11H,3-10,12H2,1-2H3. The van der Waals surface area contributed by atoms with Gasteiger partial charge in [0.05, 0.1) is 12.4 Å². The van der Waals surface area contributed by atoms with Crippen molar-refractivity contribution in [2.75, 3.05) is 52.1 Å². The molecule has 1 unspecified atom stereocenters. The summed E-state index contributed by atoms with van der Waals surface area (Å²) in [6.45, 7) is 6.85. The van der Waals surface area contributed by atoms with E-state index in [-0.39, 0.29) is 6.10 Å². The Morgan fingerprint density at radius 2 is 1.89 bits per heavy atom. The maximum Gasteiger partial charge on any atom is 0.211 e. The Labute approximate surface area is 110 Å². The summed E-state index contributed by atoms with van der Waals surface area (Å²) in [5.74, 6) is 0. The van der Waals surface area contributed by atoms with Gasteiger partial charge in [-0.1, -0.05) is 0 Å². The molecule has 0 saturated carbocycles. The molecule has 7 heteroatoms. The van der Waals surface area contributed by atoms with E-state index in [4.69, 9.17) is 10.5 Å². The fourth-order valence-electron chi connectivity index (χ4n) is 2.12. The quantitative estimate of drug-likeness (QED) is 0.668. The second-order valence-corrected chi connectivity index (χ2v) is 6.59. The van der Waals surface area contributed by atoms with Gasteiger partial charge in [0.25, 0.3) is 0 Å². The second-order valence-electron chi connectivity index (χ2n) is 4.61. The molecule has 0 spiro atoms. The topological polar surface area (TPSA) is 75.9 Å². The Balaban J connectivity index is 2.27. The highest BCUT2D eigenvalue weighted by molar-refractivity contribution is 7.88. The highest BCUT2D eigenvalue weighted by Gasteiger charge is 2.23. The SMILES string of the molecule is CCOC(CN)CCN1CCN(S(C)(=O)=O)CC1. The van der Waals surface area contributed by atoms with Gasteiger partial charge in [0.2, 0.25) is 10.0 Å². The van der Waals surface area contributed by atoms with Crippen molar-refractivity contribution in [3.05, 3.63) is 0 Å². The predicted molar refractivity (Wildman–Crippen MR) is 71.9 cm³/mol. The summed E-state index contributed by atoms with van der Waals surface area (Å²) in [7, 11) is -3.03. The average Bonchev–Trinajstić information content (AvgIpc) is 2.34. The summed E-state index contributed by atoms with van der Waals surface area (Å²) in [6, 6.07) is 0. The van der Waals surface area contributed by atoms with Gasteiger partial charge in [0, 0.05) is 45.9 Å². The summed E-state index contributed by atoms with van der Waals surface area (Å²) in [4.78, 5) is 2.27. The van der Waals surface area contributed by atoms with Crippen LogP contribution in [0.15, 0.2) is 0 Å². The number of sulfonamides is 1. The molecule has 1 rings (SSSR count). The van der Waals surface area contributed by atoms with Crippen molar-refractivity contribution >= 4 is 10.0 Å². The van der Waals surface area contributed by atoms with Crippen LogP contribution < -0.4 is 5.73 Å². The molecule has 0 aromatic heterocycles. The van der Waals surface area contributed by atoms with E-state index in [2.05, 4.69) is 4.90 Å². The number of ether oxygens (including phenoxy) is 1. The van der Waals surface area contributed by atoms with E-state index in [1.165, 1.54) is 10.6 Å². The minimum absolute atomic E-state index is 0.114. The van der Waals surface area contributed by atoms with Crippen LogP contribution in [0.3, 0.4) is 0 Å². The molecule has 1 aliphatic heterocycles. The number of piperazine rings is 1. The smallest absolute Gasteiger partial charge is 0.211 e. The van der Waals surface area contributed by atoms with Crippen molar-refractivity contribution in [2.24, 2.45) is 5.73 Å². The highest BCUT2D eigenvalue weighted by atomic mass is 32.2. The van der Waals surface area contributed by atoms with Gasteiger partial charge in [0.15, 0.2) is 0 Å².